The highest BCUT2D eigenvalue weighted by Crippen LogP contribution is 2.26. The minimum Gasteiger partial charge on any atom is -0.494 e. The second kappa shape index (κ2) is 7.84. The lowest BCUT2D eigenvalue weighted by Crippen LogP contribution is -2.18. The van der Waals surface area contributed by atoms with Crippen molar-refractivity contribution < 1.29 is 13.9 Å². The van der Waals surface area contributed by atoms with Crippen LogP contribution in [-0.2, 0) is 10.8 Å². The van der Waals surface area contributed by atoms with Crippen LogP contribution in [0.2, 0.25) is 0 Å². The molecule has 1 N–H and O–H groups in total. The SMILES string of the molecule is CCOc1cc(NC(C)CCS(C)=O)cc([N+](=O)[O-])c1. The molecule has 0 aliphatic carbocycles. The molecule has 0 bridgehead atoms. The van der Waals surface area contributed by atoms with Crippen molar-refractivity contribution in [2.45, 2.75) is 26.3 Å². The molecular formula is C13H20N2O4S. The van der Waals surface area contributed by atoms with Crippen LogP contribution in [0.1, 0.15) is 20.3 Å². The fraction of sp³-hybridized carbons (Fsp3) is 0.538. The van der Waals surface area contributed by atoms with Gasteiger partial charge in [0.15, 0.2) is 0 Å². The Morgan fingerprint density at radius 1 is 1.45 bits per heavy atom. The van der Waals surface area contributed by atoms with Crippen LogP contribution < -0.4 is 10.1 Å². The average molecular weight is 300 g/mol. The molecule has 0 radical (unpaired) electrons. The summed E-state index contributed by atoms with van der Waals surface area (Å²) in [7, 11) is -0.836. The van der Waals surface area contributed by atoms with E-state index in [-0.39, 0.29) is 11.7 Å². The molecule has 0 aliphatic rings. The standard InChI is InChI=1S/C13H20N2O4S/c1-4-19-13-8-11(7-12(9-13)15(16)17)14-10(2)5-6-20(3)18/h7-10,14H,4-6H2,1-3H3. The summed E-state index contributed by atoms with van der Waals surface area (Å²) >= 11 is 0. The molecule has 0 fully saturated rings. The molecule has 7 heteroatoms. The third-order valence-corrected chi connectivity index (χ3v) is 3.48. The summed E-state index contributed by atoms with van der Waals surface area (Å²) in [6.07, 6.45) is 2.39. The first kappa shape index (κ1) is 16.4. The normalized spacial score (nSPS) is 13.6. The zero-order valence-corrected chi connectivity index (χ0v) is 12.7. The minimum atomic E-state index is -0.836. The molecular weight excluding hydrogens is 280 g/mol. The van der Waals surface area contributed by atoms with E-state index in [0.717, 1.165) is 6.42 Å². The van der Waals surface area contributed by atoms with Gasteiger partial charge in [-0.1, -0.05) is 0 Å². The van der Waals surface area contributed by atoms with Gasteiger partial charge < -0.3 is 10.1 Å². The largest absolute Gasteiger partial charge is 0.494 e. The zero-order valence-electron chi connectivity index (χ0n) is 11.9. The van der Waals surface area contributed by atoms with Crippen LogP contribution in [0, 0.1) is 10.1 Å². The van der Waals surface area contributed by atoms with Crippen molar-refractivity contribution in [1.29, 1.82) is 0 Å². The van der Waals surface area contributed by atoms with E-state index in [9.17, 15) is 14.3 Å². The molecule has 0 spiro atoms. The number of benzene rings is 1. The number of nitrogens with one attached hydrogen (secondary N) is 1. The zero-order chi connectivity index (χ0) is 15.1. The van der Waals surface area contributed by atoms with Crippen molar-refractivity contribution in [2.24, 2.45) is 0 Å². The Morgan fingerprint density at radius 2 is 2.15 bits per heavy atom. The molecule has 0 aliphatic heterocycles. The summed E-state index contributed by atoms with van der Waals surface area (Å²) in [5.74, 6) is 1.07. The molecule has 0 saturated heterocycles. The Kier molecular flexibility index (Phi) is 6.44. The third-order valence-electron chi connectivity index (χ3n) is 2.66. The van der Waals surface area contributed by atoms with Gasteiger partial charge in [-0.2, -0.15) is 0 Å². The van der Waals surface area contributed by atoms with Crippen molar-refractivity contribution in [3.05, 3.63) is 28.3 Å². The summed E-state index contributed by atoms with van der Waals surface area (Å²) in [5, 5.41) is 14.1. The van der Waals surface area contributed by atoms with Crippen molar-refractivity contribution in [1.82, 2.24) is 0 Å². The molecule has 1 aromatic carbocycles. The van der Waals surface area contributed by atoms with Gasteiger partial charge in [-0.25, -0.2) is 0 Å². The number of non-ortho nitro benzene ring substituents is 1. The van der Waals surface area contributed by atoms with Crippen LogP contribution in [0.4, 0.5) is 11.4 Å². The Bertz CT molecular complexity index is 493. The van der Waals surface area contributed by atoms with Gasteiger partial charge in [0, 0.05) is 46.7 Å². The lowest BCUT2D eigenvalue weighted by molar-refractivity contribution is -0.384. The molecule has 0 saturated carbocycles. The summed E-state index contributed by atoms with van der Waals surface area (Å²) in [6.45, 7) is 4.22. The number of nitro groups is 1. The molecule has 20 heavy (non-hydrogen) atoms. The average Bonchev–Trinajstić information content (AvgIpc) is 2.36. The van der Waals surface area contributed by atoms with Gasteiger partial charge in [-0.3, -0.25) is 14.3 Å². The first-order valence-corrected chi connectivity index (χ1v) is 8.14. The van der Waals surface area contributed by atoms with E-state index in [1.165, 1.54) is 12.1 Å². The van der Waals surface area contributed by atoms with Crippen molar-refractivity contribution in [3.63, 3.8) is 0 Å². The fourth-order valence-corrected chi connectivity index (χ4v) is 2.41. The monoisotopic (exact) mass is 300 g/mol. The van der Waals surface area contributed by atoms with Gasteiger partial charge in [0.25, 0.3) is 5.69 Å². The molecule has 2 unspecified atom stereocenters. The van der Waals surface area contributed by atoms with E-state index in [1.807, 2.05) is 13.8 Å². The molecule has 2 atom stereocenters. The number of rotatable bonds is 8. The molecule has 0 amide bonds. The number of hydrogen-bond acceptors (Lipinski definition) is 5. The fourth-order valence-electron chi connectivity index (χ4n) is 1.72. The molecule has 6 nitrogen and oxygen atoms in total. The van der Waals surface area contributed by atoms with Gasteiger partial charge >= 0.3 is 0 Å². The van der Waals surface area contributed by atoms with Crippen LogP contribution in [0.25, 0.3) is 0 Å². The predicted molar refractivity (Wildman–Crippen MR) is 80.9 cm³/mol. The highest BCUT2D eigenvalue weighted by molar-refractivity contribution is 7.84. The summed E-state index contributed by atoms with van der Waals surface area (Å²) in [6, 6.07) is 4.69. The van der Waals surface area contributed by atoms with E-state index in [2.05, 4.69) is 5.32 Å². The quantitative estimate of drug-likeness (QED) is 0.589. The van der Waals surface area contributed by atoms with Gasteiger partial charge in [0.05, 0.1) is 17.6 Å². The van der Waals surface area contributed by atoms with E-state index in [0.29, 0.717) is 23.8 Å². The lowest BCUT2D eigenvalue weighted by atomic mass is 10.2. The Balaban J connectivity index is 2.82. The highest BCUT2D eigenvalue weighted by Gasteiger charge is 2.12. The van der Waals surface area contributed by atoms with Gasteiger partial charge in [-0.05, 0) is 20.3 Å². The molecule has 1 rings (SSSR count). The van der Waals surface area contributed by atoms with Gasteiger partial charge in [0.2, 0.25) is 0 Å². The van der Waals surface area contributed by atoms with Crippen LogP contribution in [0.3, 0.4) is 0 Å². The van der Waals surface area contributed by atoms with Crippen molar-refractivity contribution in [2.75, 3.05) is 23.9 Å². The Hall–Kier alpha value is -1.63. The molecule has 0 aromatic heterocycles. The lowest BCUT2D eigenvalue weighted by Gasteiger charge is -2.15. The van der Waals surface area contributed by atoms with Gasteiger partial charge in [0.1, 0.15) is 5.75 Å². The number of anilines is 1. The van der Waals surface area contributed by atoms with Crippen LogP contribution in [0.5, 0.6) is 5.75 Å². The topological polar surface area (TPSA) is 81.5 Å². The summed E-state index contributed by atoms with van der Waals surface area (Å²) in [4.78, 5) is 10.4. The maximum absolute atomic E-state index is 11.1. The second-order valence-electron chi connectivity index (χ2n) is 4.52. The number of hydrogen-bond donors (Lipinski definition) is 1. The van der Waals surface area contributed by atoms with E-state index < -0.39 is 15.7 Å². The van der Waals surface area contributed by atoms with E-state index >= 15 is 0 Å². The van der Waals surface area contributed by atoms with Crippen LogP contribution in [0.15, 0.2) is 18.2 Å². The third kappa shape index (κ3) is 5.56. The van der Waals surface area contributed by atoms with Crippen LogP contribution in [-0.4, -0.2) is 33.8 Å². The summed E-state index contributed by atoms with van der Waals surface area (Å²) < 4.78 is 16.4. The van der Waals surface area contributed by atoms with Gasteiger partial charge in [-0.15, -0.1) is 0 Å². The molecule has 112 valence electrons. The molecule has 1 aromatic rings. The Morgan fingerprint density at radius 3 is 2.70 bits per heavy atom. The van der Waals surface area contributed by atoms with E-state index in [1.54, 1.807) is 12.3 Å². The predicted octanol–water partition coefficient (Wildman–Crippen LogP) is 2.56. The van der Waals surface area contributed by atoms with Crippen LogP contribution >= 0.6 is 0 Å². The molecule has 0 heterocycles. The van der Waals surface area contributed by atoms with Crippen molar-refractivity contribution >= 4 is 22.2 Å². The maximum Gasteiger partial charge on any atom is 0.275 e. The highest BCUT2D eigenvalue weighted by atomic mass is 32.2. The van der Waals surface area contributed by atoms with Crippen molar-refractivity contribution in [3.8, 4) is 5.75 Å². The number of ether oxygens (including phenoxy) is 1. The minimum absolute atomic E-state index is 0.00952. The summed E-state index contributed by atoms with van der Waals surface area (Å²) in [5.41, 5.74) is 0.627. The first-order chi connectivity index (χ1) is 9.42. The number of nitrogens with zero attached hydrogens (tertiary/aromatic N) is 1. The Labute approximate surface area is 121 Å². The maximum atomic E-state index is 11.1. The second-order valence-corrected chi connectivity index (χ2v) is 6.07. The smallest absolute Gasteiger partial charge is 0.275 e. The van der Waals surface area contributed by atoms with E-state index in [4.69, 9.17) is 4.74 Å². The number of nitro benzene ring substituents is 1. The first-order valence-electron chi connectivity index (χ1n) is 6.41.